The Morgan fingerprint density at radius 1 is 1.12 bits per heavy atom. The van der Waals surface area contributed by atoms with Gasteiger partial charge in [-0.2, -0.15) is 5.26 Å². The van der Waals surface area contributed by atoms with Gasteiger partial charge < -0.3 is 16.4 Å². The summed E-state index contributed by atoms with van der Waals surface area (Å²) in [4.78, 5) is 29.4. The van der Waals surface area contributed by atoms with Crippen LogP contribution in [0.15, 0.2) is 54.7 Å². The summed E-state index contributed by atoms with van der Waals surface area (Å²) in [5.41, 5.74) is 9.01. The van der Waals surface area contributed by atoms with Gasteiger partial charge in [0.25, 0.3) is 11.8 Å². The molecule has 0 aliphatic heterocycles. The molecule has 3 aromatic rings. The molecular formula is C24H22ClN5O2. The van der Waals surface area contributed by atoms with Crippen LogP contribution in [0.2, 0.25) is 5.02 Å². The first kappa shape index (κ1) is 22.8. The molecule has 7 nitrogen and oxygen atoms in total. The van der Waals surface area contributed by atoms with Crippen LogP contribution in [0.1, 0.15) is 38.8 Å². The predicted molar refractivity (Wildman–Crippen MR) is 126 cm³/mol. The lowest BCUT2D eigenvalue weighted by Crippen LogP contribution is -2.16. The van der Waals surface area contributed by atoms with Crippen LogP contribution in [0.4, 0.5) is 17.2 Å². The van der Waals surface area contributed by atoms with E-state index in [1.165, 1.54) is 12.3 Å². The van der Waals surface area contributed by atoms with Gasteiger partial charge in [-0.1, -0.05) is 29.8 Å². The van der Waals surface area contributed by atoms with E-state index >= 15 is 0 Å². The molecule has 0 fully saturated rings. The molecule has 1 heterocycles. The van der Waals surface area contributed by atoms with Crippen LogP contribution < -0.4 is 16.4 Å². The normalized spacial score (nSPS) is 11.3. The summed E-state index contributed by atoms with van der Waals surface area (Å²) in [6.45, 7) is 3.63. The van der Waals surface area contributed by atoms with E-state index in [0.29, 0.717) is 28.9 Å². The average Bonchev–Trinajstić information content (AvgIpc) is 2.77. The minimum Gasteiger partial charge on any atom is -0.382 e. The van der Waals surface area contributed by atoms with Crippen molar-refractivity contribution < 1.29 is 9.59 Å². The molecule has 1 atom stereocenters. The van der Waals surface area contributed by atoms with E-state index in [0.717, 1.165) is 11.1 Å². The van der Waals surface area contributed by atoms with Crippen molar-refractivity contribution in [3.63, 3.8) is 0 Å². The molecule has 4 N–H and O–H groups in total. The first-order valence-electron chi connectivity index (χ1n) is 9.89. The van der Waals surface area contributed by atoms with Crippen molar-refractivity contribution in [2.24, 2.45) is 5.92 Å². The van der Waals surface area contributed by atoms with Gasteiger partial charge in [0.15, 0.2) is 0 Å². The standard InChI is InChI=1S/C24H22ClN5O2/c1-14(12-26)8-16-4-3-5-17(9-16)23(31)29-18-7-6-15(2)20(10-18)24(32)30-19-11-21(25)22(27)28-13-19/h3-7,9-11,13-14H,8H2,1-2H3,(H2,27,28)(H,29,31)(H,30,32). The highest BCUT2D eigenvalue weighted by molar-refractivity contribution is 6.33. The van der Waals surface area contributed by atoms with Crippen molar-refractivity contribution >= 4 is 40.6 Å². The number of benzene rings is 2. The van der Waals surface area contributed by atoms with Crippen LogP contribution in [0, 0.1) is 24.2 Å². The fourth-order valence-corrected chi connectivity index (χ4v) is 3.27. The molecule has 0 aliphatic carbocycles. The van der Waals surface area contributed by atoms with E-state index in [9.17, 15) is 9.59 Å². The number of aryl methyl sites for hydroxylation is 1. The summed E-state index contributed by atoms with van der Waals surface area (Å²) in [6, 6.07) is 15.9. The SMILES string of the molecule is Cc1ccc(NC(=O)c2cccc(CC(C)C#N)c2)cc1C(=O)Nc1cnc(N)c(Cl)c1. The number of aromatic nitrogens is 1. The average molecular weight is 448 g/mol. The molecule has 0 aliphatic rings. The number of carbonyl (C=O) groups is 2. The maximum atomic E-state index is 12.8. The van der Waals surface area contributed by atoms with Gasteiger partial charge in [0.05, 0.1) is 23.0 Å². The zero-order valence-electron chi connectivity index (χ0n) is 17.6. The number of anilines is 3. The molecule has 32 heavy (non-hydrogen) atoms. The van der Waals surface area contributed by atoms with E-state index in [1.54, 1.807) is 43.3 Å². The monoisotopic (exact) mass is 447 g/mol. The Hall–Kier alpha value is -3.89. The van der Waals surface area contributed by atoms with E-state index in [1.807, 2.05) is 13.0 Å². The van der Waals surface area contributed by atoms with Gasteiger partial charge in [-0.15, -0.1) is 0 Å². The molecule has 0 radical (unpaired) electrons. The van der Waals surface area contributed by atoms with Crippen LogP contribution in [0.25, 0.3) is 0 Å². The third kappa shape index (κ3) is 5.62. The van der Waals surface area contributed by atoms with Crippen LogP contribution in [0.5, 0.6) is 0 Å². The molecule has 2 aromatic carbocycles. The van der Waals surface area contributed by atoms with Crippen molar-refractivity contribution in [2.75, 3.05) is 16.4 Å². The Labute approximate surface area is 191 Å². The summed E-state index contributed by atoms with van der Waals surface area (Å²) >= 11 is 5.96. The highest BCUT2D eigenvalue weighted by Gasteiger charge is 2.14. The molecule has 162 valence electrons. The lowest BCUT2D eigenvalue weighted by atomic mass is 10.0. The van der Waals surface area contributed by atoms with Crippen molar-refractivity contribution in [3.8, 4) is 6.07 Å². The summed E-state index contributed by atoms with van der Waals surface area (Å²) in [7, 11) is 0. The van der Waals surface area contributed by atoms with Crippen molar-refractivity contribution in [1.29, 1.82) is 5.26 Å². The summed E-state index contributed by atoms with van der Waals surface area (Å²) in [5, 5.41) is 14.8. The molecule has 1 aromatic heterocycles. The molecule has 0 spiro atoms. The molecule has 3 rings (SSSR count). The van der Waals surface area contributed by atoms with Gasteiger partial charge in [-0.05, 0) is 61.7 Å². The van der Waals surface area contributed by atoms with Gasteiger partial charge >= 0.3 is 0 Å². The van der Waals surface area contributed by atoms with Gasteiger partial charge in [-0.3, -0.25) is 9.59 Å². The fourth-order valence-electron chi connectivity index (χ4n) is 3.10. The highest BCUT2D eigenvalue weighted by atomic mass is 35.5. The second-order valence-corrected chi connectivity index (χ2v) is 7.87. The van der Waals surface area contributed by atoms with Crippen LogP contribution >= 0.6 is 11.6 Å². The number of hydrogen-bond donors (Lipinski definition) is 3. The number of amides is 2. The Morgan fingerprint density at radius 2 is 1.88 bits per heavy atom. The second kappa shape index (κ2) is 9.94. The Morgan fingerprint density at radius 3 is 2.59 bits per heavy atom. The number of nitrogens with zero attached hydrogens (tertiary/aromatic N) is 2. The molecule has 0 saturated carbocycles. The van der Waals surface area contributed by atoms with Crippen molar-refractivity contribution in [2.45, 2.75) is 20.3 Å². The molecule has 8 heteroatoms. The summed E-state index contributed by atoms with van der Waals surface area (Å²) in [5.74, 6) is -0.635. The molecule has 0 bridgehead atoms. The molecular weight excluding hydrogens is 426 g/mol. The minimum absolute atomic E-state index is 0.141. The Balaban J connectivity index is 1.76. The number of hydrogen-bond acceptors (Lipinski definition) is 5. The Bertz CT molecular complexity index is 1220. The summed E-state index contributed by atoms with van der Waals surface area (Å²) < 4.78 is 0. The maximum absolute atomic E-state index is 12.8. The quantitative estimate of drug-likeness (QED) is 0.499. The second-order valence-electron chi connectivity index (χ2n) is 7.46. The molecule has 2 amide bonds. The Kier molecular flexibility index (Phi) is 7.08. The fraction of sp³-hybridized carbons (Fsp3) is 0.167. The number of nitriles is 1. The third-order valence-electron chi connectivity index (χ3n) is 4.82. The molecule has 0 saturated heterocycles. The topological polar surface area (TPSA) is 121 Å². The van der Waals surface area contributed by atoms with Crippen LogP contribution in [0.3, 0.4) is 0 Å². The maximum Gasteiger partial charge on any atom is 0.256 e. The van der Waals surface area contributed by atoms with E-state index < -0.39 is 0 Å². The number of pyridine rings is 1. The van der Waals surface area contributed by atoms with E-state index in [-0.39, 0.29) is 28.6 Å². The number of carbonyl (C=O) groups excluding carboxylic acids is 2. The van der Waals surface area contributed by atoms with Gasteiger partial charge in [0.1, 0.15) is 5.82 Å². The smallest absolute Gasteiger partial charge is 0.256 e. The number of halogens is 1. The van der Waals surface area contributed by atoms with Gasteiger partial charge in [-0.25, -0.2) is 4.98 Å². The number of nitrogens with two attached hydrogens (primary N) is 1. The van der Waals surface area contributed by atoms with E-state index in [2.05, 4.69) is 21.7 Å². The van der Waals surface area contributed by atoms with Crippen LogP contribution in [-0.2, 0) is 6.42 Å². The number of nitrogens with one attached hydrogen (secondary N) is 2. The first-order valence-corrected chi connectivity index (χ1v) is 10.3. The third-order valence-corrected chi connectivity index (χ3v) is 5.12. The lowest BCUT2D eigenvalue weighted by molar-refractivity contribution is 0.101. The molecule has 1 unspecified atom stereocenters. The van der Waals surface area contributed by atoms with Gasteiger partial charge in [0.2, 0.25) is 0 Å². The summed E-state index contributed by atoms with van der Waals surface area (Å²) in [6.07, 6.45) is 1.98. The van der Waals surface area contributed by atoms with Crippen molar-refractivity contribution in [1.82, 2.24) is 4.98 Å². The largest absolute Gasteiger partial charge is 0.382 e. The lowest BCUT2D eigenvalue weighted by Gasteiger charge is -2.12. The van der Waals surface area contributed by atoms with Gasteiger partial charge in [0, 0.05) is 22.7 Å². The van der Waals surface area contributed by atoms with E-state index in [4.69, 9.17) is 22.6 Å². The number of rotatable bonds is 6. The zero-order chi connectivity index (χ0) is 23.3. The van der Waals surface area contributed by atoms with Crippen molar-refractivity contribution in [3.05, 3.63) is 82.0 Å². The first-order chi connectivity index (χ1) is 15.3. The zero-order valence-corrected chi connectivity index (χ0v) is 18.4. The number of nitrogen functional groups attached to an aromatic ring is 1. The predicted octanol–water partition coefficient (Wildman–Crippen LogP) is 4.83. The van der Waals surface area contributed by atoms with Crippen LogP contribution in [-0.4, -0.2) is 16.8 Å². The minimum atomic E-state index is -0.367. The highest BCUT2D eigenvalue weighted by Crippen LogP contribution is 2.22.